The van der Waals surface area contributed by atoms with E-state index >= 15 is 0 Å². The van der Waals surface area contributed by atoms with Crippen LogP contribution in [0.4, 0.5) is 0 Å². The molecule has 1 unspecified atom stereocenters. The normalized spacial score (nSPS) is 27.7. The second-order valence-electron chi connectivity index (χ2n) is 6.13. The van der Waals surface area contributed by atoms with Gasteiger partial charge in [-0.05, 0) is 30.5 Å². The van der Waals surface area contributed by atoms with Gasteiger partial charge in [0.05, 0.1) is 12.7 Å². The Bertz CT molecular complexity index is 486. The Morgan fingerprint density at radius 1 is 1.05 bits per heavy atom. The van der Waals surface area contributed by atoms with Gasteiger partial charge in [0, 0.05) is 12.1 Å². The molecule has 1 saturated heterocycles. The van der Waals surface area contributed by atoms with Gasteiger partial charge in [-0.3, -0.25) is 0 Å². The van der Waals surface area contributed by atoms with Crippen LogP contribution in [0, 0.1) is 0 Å². The van der Waals surface area contributed by atoms with Crippen LogP contribution in [0.2, 0.25) is 0 Å². The molecule has 20 heavy (non-hydrogen) atoms. The molecule has 2 heterocycles. The summed E-state index contributed by atoms with van der Waals surface area (Å²) in [7, 11) is 0. The minimum absolute atomic E-state index is 0.122. The number of hydrogen-bond acceptors (Lipinski definition) is 4. The van der Waals surface area contributed by atoms with E-state index in [1.807, 2.05) is 12.1 Å². The van der Waals surface area contributed by atoms with Crippen LogP contribution in [0.3, 0.4) is 0 Å². The first kappa shape index (κ1) is 12.5. The lowest BCUT2D eigenvalue weighted by Gasteiger charge is -2.43. The summed E-state index contributed by atoms with van der Waals surface area (Å²) in [5.41, 5.74) is 1.41. The Morgan fingerprint density at radius 2 is 1.90 bits per heavy atom. The molecule has 4 heteroatoms. The smallest absolute Gasteiger partial charge is 0.231 e. The molecule has 1 N–H and O–H groups in total. The van der Waals surface area contributed by atoms with E-state index in [1.165, 1.54) is 37.7 Å². The van der Waals surface area contributed by atoms with Gasteiger partial charge in [-0.1, -0.05) is 25.3 Å². The van der Waals surface area contributed by atoms with E-state index in [4.69, 9.17) is 14.2 Å². The van der Waals surface area contributed by atoms with Crippen LogP contribution in [0.15, 0.2) is 18.2 Å². The predicted molar refractivity (Wildman–Crippen MR) is 75.1 cm³/mol. The van der Waals surface area contributed by atoms with E-state index in [9.17, 15) is 0 Å². The molecule has 4 rings (SSSR count). The summed E-state index contributed by atoms with van der Waals surface area (Å²) < 4.78 is 17.0. The molecular weight excluding hydrogens is 254 g/mol. The third-order valence-electron chi connectivity index (χ3n) is 4.80. The highest BCUT2D eigenvalue weighted by Gasteiger charge is 2.37. The largest absolute Gasteiger partial charge is 0.454 e. The van der Waals surface area contributed by atoms with Gasteiger partial charge in [-0.2, -0.15) is 0 Å². The molecule has 1 aliphatic carbocycles. The minimum atomic E-state index is 0.122. The topological polar surface area (TPSA) is 39.7 Å². The molecule has 2 fully saturated rings. The fourth-order valence-corrected chi connectivity index (χ4v) is 3.56. The van der Waals surface area contributed by atoms with Crippen LogP contribution < -0.4 is 14.8 Å². The first-order valence-corrected chi connectivity index (χ1v) is 7.61. The molecule has 1 spiro atoms. The van der Waals surface area contributed by atoms with Gasteiger partial charge >= 0.3 is 0 Å². The van der Waals surface area contributed by atoms with Crippen molar-refractivity contribution in [1.82, 2.24) is 5.32 Å². The predicted octanol–water partition coefficient (Wildman–Crippen LogP) is 2.78. The number of rotatable bonds is 1. The van der Waals surface area contributed by atoms with E-state index in [0.717, 1.165) is 24.7 Å². The van der Waals surface area contributed by atoms with E-state index in [2.05, 4.69) is 11.4 Å². The molecule has 2 aliphatic heterocycles. The molecule has 1 saturated carbocycles. The van der Waals surface area contributed by atoms with Gasteiger partial charge in [0.15, 0.2) is 11.5 Å². The zero-order valence-corrected chi connectivity index (χ0v) is 11.7. The van der Waals surface area contributed by atoms with Crippen LogP contribution in [-0.4, -0.2) is 25.5 Å². The molecule has 4 nitrogen and oxygen atoms in total. The number of hydrogen-bond donors (Lipinski definition) is 1. The van der Waals surface area contributed by atoms with E-state index < -0.39 is 0 Å². The zero-order chi connectivity index (χ0) is 13.4. The maximum absolute atomic E-state index is 6.16. The van der Waals surface area contributed by atoms with Gasteiger partial charge < -0.3 is 19.5 Å². The highest BCUT2D eigenvalue weighted by atomic mass is 16.7. The van der Waals surface area contributed by atoms with Crippen molar-refractivity contribution in [3.8, 4) is 11.5 Å². The molecule has 0 amide bonds. The fourth-order valence-electron chi connectivity index (χ4n) is 3.56. The fraction of sp³-hybridized carbons (Fsp3) is 0.625. The number of fused-ring (bicyclic) bond motifs is 1. The number of morpholine rings is 1. The van der Waals surface area contributed by atoms with Crippen LogP contribution in [0.5, 0.6) is 11.5 Å². The van der Waals surface area contributed by atoms with Crippen molar-refractivity contribution in [3.63, 3.8) is 0 Å². The first-order chi connectivity index (χ1) is 9.85. The average molecular weight is 275 g/mol. The summed E-state index contributed by atoms with van der Waals surface area (Å²) in [6, 6.07) is 6.11. The summed E-state index contributed by atoms with van der Waals surface area (Å²) in [6.45, 7) is 2.04. The summed E-state index contributed by atoms with van der Waals surface area (Å²) >= 11 is 0. The lowest BCUT2D eigenvalue weighted by atomic mass is 9.81. The van der Waals surface area contributed by atoms with E-state index in [1.54, 1.807) is 0 Å². The monoisotopic (exact) mass is 275 g/mol. The third-order valence-corrected chi connectivity index (χ3v) is 4.80. The number of benzene rings is 1. The minimum Gasteiger partial charge on any atom is -0.454 e. The maximum Gasteiger partial charge on any atom is 0.231 e. The molecule has 0 aromatic heterocycles. The standard InChI is InChI=1S/C16H21NO3/c1-2-6-16(7-3-1)10-18-15(9-17-16)12-4-5-13-14(8-12)20-11-19-13/h4-5,8,15,17H,1-3,6-7,9-11H2. The van der Waals surface area contributed by atoms with Crippen LogP contribution in [0.1, 0.15) is 43.8 Å². The Morgan fingerprint density at radius 3 is 2.70 bits per heavy atom. The molecule has 1 aromatic rings. The van der Waals surface area contributed by atoms with Crippen molar-refractivity contribution in [2.24, 2.45) is 0 Å². The second kappa shape index (κ2) is 4.93. The Labute approximate surface area is 119 Å². The van der Waals surface area contributed by atoms with Crippen molar-refractivity contribution in [3.05, 3.63) is 23.8 Å². The molecule has 1 aromatic carbocycles. The Hall–Kier alpha value is -1.26. The van der Waals surface area contributed by atoms with Gasteiger partial charge in [-0.15, -0.1) is 0 Å². The van der Waals surface area contributed by atoms with Gasteiger partial charge in [0.25, 0.3) is 0 Å². The second-order valence-corrected chi connectivity index (χ2v) is 6.13. The van der Waals surface area contributed by atoms with Gasteiger partial charge in [0.2, 0.25) is 6.79 Å². The van der Waals surface area contributed by atoms with Crippen molar-refractivity contribution in [1.29, 1.82) is 0 Å². The Balaban J connectivity index is 1.46. The molecule has 1 atom stereocenters. The highest BCUT2D eigenvalue weighted by Crippen LogP contribution is 2.37. The maximum atomic E-state index is 6.16. The molecule has 0 radical (unpaired) electrons. The quantitative estimate of drug-likeness (QED) is 0.855. The van der Waals surface area contributed by atoms with Gasteiger partial charge in [0.1, 0.15) is 0 Å². The lowest BCUT2D eigenvalue weighted by Crippen LogP contribution is -2.55. The molecule has 3 aliphatic rings. The number of ether oxygens (including phenoxy) is 3. The summed E-state index contributed by atoms with van der Waals surface area (Å²) in [5, 5.41) is 3.75. The van der Waals surface area contributed by atoms with Gasteiger partial charge in [-0.25, -0.2) is 0 Å². The lowest BCUT2D eigenvalue weighted by molar-refractivity contribution is -0.0467. The van der Waals surface area contributed by atoms with E-state index in [-0.39, 0.29) is 11.6 Å². The molecular formula is C16H21NO3. The number of nitrogens with one attached hydrogen (secondary N) is 1. The highest BCUT2D eigenvalue weighted by molar-refractivity contribution is 5.45. The van der Waals surface area contributed by atoms with Crippen molar-refractivity contribution >= 4 is 0 Å². The Kier molecular flexibility index (Phi) is 3.08. The SMILES string of the molecule is c1cc2c(cc1C1CNC3(CCCCC3)CO1)OCO2. The van der Waals surface area contributed by atoms with Crippen molar-refractivity contribution in [2.45, 2.75) is 43.7 Å². The van der Waals surface area contributed by atoms with Crippen LogP contribution >= 0.6 is 0 Å². The molecule has 108 valence electrons. The first-order valence-electron chi connectivity index (χ1n) is 7.61. The van der Waals surface area contributed by atoms with Crippen LogP contribution in [0.25, 0.3) is 0 Å². The van der Waals surface area contributed by atoms with Crippen molar-refractivity contribution in [2.75, 3.05) is 19.9 Å². The summed E-state index contributed by atoms with van der Waals surface area (Å²) in [6.07, 6.45) is 6.64. The van der Waals surface area contributed by atoms with Crippen LogP contribution in [-0.2, 0) is 4.74 Å². The zero-order valence-electron chi connectivity index (χ0n) is 11.7. The van der Waals surface area contributed by atoms with Crippen molar-refractivity contribution < 1.29 is 14.2 Å². The average Bonchev–Trinajstić information content (AvgIpc) is 2.96. The summed E-state index contributed by atoms with van der Waals surface area (Å²) in [5.74, 6) is 1.67. The van der Waals surface area contributed by atoms with E-state index in [0.29, 0.717) is 6.79 Å². The molecule has 0 bridgehead atoms. The summed E-state index contributed by atoms with van der Waals surface area (Å²) in [4.78, 5) is 0. The third kappa shape index (κ3) is 2.17.